The maximum absolute atomic E-state index is 9.10. The lowest BCUT2D eigenvalue weighted by atomic mass is 10.2. The lowest BCUT2D eigenvalue weighted by Gasteiger charge is -2.09. The van der Waals surface area contributed by atoms with Crippen molar-refractivity contribution in [1.29, 1.82) is 0 Å². The van der Waals surface area contributed by atoms with Crippen LogP contribution in [0.3, 0.4) is 0 Å². The summed E-state index contributed by atoms with van der Waals surface area (Å²) in [6, 6.07) is 12.1. The molecule has 7 heteroatoms. The van der Waals surface area contributed by atoms with Crippen LogP contribution in [0.2, 0.25) is 0 Å². The minimum Gasteiger partial charge on any atom is -0.496 e. The molecule has 1 aromatic heterocycles. The zero-order chi connectivity index (χ0) is 17.1. The maximum Gasteiger partial charge on any atom is 0.414 e. The van der Waals surface area contributed by atoms with E-state index in [9.17, 15) is 0 Å². The highest BCUT2D eigenvalue weighted by Crippen LogP contribution is 2.16. The predicted molar refractivity (Wildman–Crippen MR) is 83.0 cm³/mol. The van der Waals surface area contributed by atoms with Gasteiger partial charge in [0.25, 0.3) is 0 Å². The largest absolute Gasteiger partial charge is 0.496 e. The Morgan fingerprint density at radius 1 is 1.04 bits per heavy atom. The van der Waals surface area contributed by atoms with Crippen LogP contribution in [0.15, 0.2) is 48.8 Å². The molecule has 0 saturated carbocycles. The van der Waals surface area contributed by atoms with Gasteiger partial charge < -0.3 is 20.3 Å². The number of aromatic nitrogens is 1. The first-order chi connectivity index (χ1) is 11.0. The number of nitrogens with one attached hydrogen (secondary N) is 1. The number of carbonyl (C=O) groups is 2. The fourth-order valence-corrected chi connectivity index (χ4v) is 1.69. The average molecular weight is 318 g/mol. The molecule has 7 nitrogen and oxygen atoms in total. The number of pyridine rings is 1. The Hall–Kier alpha value is -2.93. The Kier molecular flexibility index (Phi) is 7.81. The number of carboxylic acid groups (broad SMARTS) is 2. The van der Waals surface area contributed by atoms with Gasteiger partial charge in [0.05, 0.1) is 7.11 Å². The molecule has 0 saturated heterocycles. The highest BCUT2D eigenvalue weighted by Gasteiger charge is 2.04. The second-order valence-electron chi connectivity index (χ2n) is 4.38. The van der Waals surface area contributed by atoms with E-state index in [0.717, 1.165) is 18.8 Å². The highest BCUT2D eigenvalue weighted by molar-refractivity contribution is 6.27. The fourth-order valence-electron chi connectivity index (χ4n) is 1.69. The zero-order valence-electron chi connectivity index (χ0n) is 12.6. The molecule has 0 aliphatic rings. The number of hydrogen-bond donors (Lipinski definition) is 3. The molecule has 2 rings (SSSR count). The van der Waals surface area contributed by atoms with E-state index in [2.05, 4.69) is 16.4 Å². The molecule has 0 unspecified atom stereocenters. The van der Waals surface area contributed by atoms with Crippen LogP contribution in [0.4, 0.5) is 0 Å². The van der Waals surface area contributed by atoms with Gasteiger partial charge in [-0.15, -0.1) is 0 Å². The summed E-state index contributed by atoms with van der Waals surface area (Å²) >= 11 is 0. The molecule has 0 radical (unpaired) electrons. The van der Waals surface area contributed by atoms with Crippen LogP contribution in [-0.4, -0.2) is 34.2 Å². The average Bonchev–Trinajstić information content (AvgIpc) is 2.57. The second kappa shape index (κ2) is 9.91. The van der Waals surface area contributed by atoms with Gasteiger partial charge >= 0.3 is 11.9 Å². The molecule has 0 aliphatic heterocycles. The monoisotopic (exact) mass is 318 g/mol. The van der Waals surface area contributed by atoms with Gasteiger partial charge in [-0.2, -0.15) is 0 Å². The molecule has 0 atom stereocenters. The van der Waals surface area contributed by atoms with Gasteiger partial charge in [0.1, 0.15) is 5.75 Å². The SMILES string of the molecule is COc1ccccc1CNCc1ccncc1.O=C(O)C(=O)O. The Bertz CT molecular complexity index is 619. The minimum atomic E-state index is -1.82. The van der Waals surface area contributed by atoms with Gasteiger partial charge in [-0.3, -0.25) is 4.98 Å². The Morgan fingerprint density at radius 3 is 2.22 bits per heavy atom. The van der Waals surface area contributed by atoms with E-state index in [1.807, 2.05) is 30.3 Å². The molecule has 0 amide bonds. The first kappa shape index (κ1) is 18.1. The van der Waals surface area contributed by atoms with E-state index in [1.54, 1.807) is 19.5 Å². The van der Waals surface area contributed by atoms with Gasteiger partial charge in [0.2, 0.25) is 0 Å². The molecular weight excluding hydrogens is 300 g/mol. The van der Waals surface area contributed by atoms with Crippen molar-refractivity contribution in [3.05, 3.63) is 59.9 Å². The molecule has 122 valence electrons. The predicted octanol–water partition coefficient (Wildman–Crippen LogP) is 1.54. The van der Waals surface area contributed by atoms with Crippen molar-refractivity contribution < 1.29 is 24.5 Å². The molecule has 3 N–H and O–H groups in total. The zero-order valence-corrected chi connectivity index (χ0v) is 12.6. The maximum atomic E-state index is 9.10. The number of carboxylic acids is 2. The number of ether oxygens (including phenoxy) is 1. The third kappa shape index (κ3) is 7.05. The molecule has 2 aromatic rings. The Morgan fingerprint density at radius 2 is 1.65 bits per heavy atom. The minimum absolute atomic E-state index is 0.798. The van der Waals surface area contributed by atoms with E-state index in [-0.39, 0.29) is 0 Å². The van der Waals surface area contributed by atoms with Crippen LogP contribution in [0, 0.1) is 0 Å². The Labute approximate surface area is 133 Å². The van der Waals surface area contributed by atoms with E-state index in [0.29, 0.717) is 0 Å². The molecule has 23 heavy (non-hydrogen) atoms. The van der Waals surface area contributed by atoms with Crippen LogP contribution in [0.25, 0.3) is 0 Å². The third-order valence-electron chi connectivity index (χ3n) is 2.77. The molecule has 1 aromatic carbocycles. The highest BCUT2D eigenvalue weighted by atomic mass is 16.5. The molecule has 0 bridgehead atoms. The summed E-state index contributed by atoms with van der Waals surface area (Å²) < 4.78 is 5.30. The number of nitrogens with zero attached hydrogens (tertiary/aromatic N) is 1. The van der Waals surface area contributed by atoms with E-state index in [1.165, 1.54) is 11.1 Å². The lowest BCUT2D eigenvalue weighted by molar-refractivity contribution is -0.159. The smallest absolute Gasteiger partial charge is 0.414 e. The summed E-state index contributed by atoms with van der Waals surface area (Å²) in [6.45, 7) is 1.63. The van der Waals surface area contributed by atoms with E-state index < -0.39 is 11.9 Å². The normalized spacial score (nSPS) is 9.43. The van der Waals surface area contributed by atoms with Crippen molar-refractivity contribution in [3.8, 4) is 5.75 Å². The van der Waals surface area contributed by atoms with Gasteiger partial charge in [-0.1, -0.05) is 18.2 Å². The molecule has 0 spiro atoms. The van der Waals surface area contributed by atoms with Gasteiger partial charge in [-0.05, 0) is 23.8 Å². The van der Waals surface area contributed by atoms with Crippen molar-refractivity contribution >= 4 is 11.9 Å². The summed E-state index contributed by atoms with van der Waals surface area (Å²) in [7, 11) is 1.70. The van der Waals surface area contributed by atoms with Crippen LogP contribution in [-0.2, 0) is 22.7 Å². The van der Waals surface area contributed by atoms with Crippen molar-refractivity contribution in [2.45, 2.75) is 13.1 Å². The molecular formula is C16H18N2O5. The quantitative estimate of drug-likeness (QED) is 0.717. The number of rotatable bonds is 5. The van der Waals surface area contributed by atoms with Crippen LogP contribution < -0.4 is 10.1 Å². The topological polar surface area (TPSA) is 109 Å². The van der Waals surface area contributed by atoms with Gasteiger partial charge in [-0.25, -0.2) is 9.59 Å². The fraction of sp³-hybridized carbons (Fsp3) is 0.188. The molecule has 0 fully saturated rings. The number of methoxy groups -OCH3 is 1. The van der Waals surface area contributed by atoms with Crippen LogP contribution >= 0.6 is 0 Å². The summed E-state index contributed by atoms with van der Waals surface area (Å²) in [4.78, 5) is 22.2. The summed E-state index contributed by atoms with van der Waals surface area (Å²) in [5.41, 5.74) is 2.40. The van der Waals surface area contributed by atoms with Crippen molar-refractivity contribution in [3.63, 3.8) is 0 Å². The number of aliphatic carboxylic acids is 2. The lowest BCUT2D eigenvalue weighted by Crippen LogP contribution is -2.13. The number of hydrogen-bond acceptors (Lipinski definition) is 5. The molecule has 1 heterocycles. The van der Waals surface area contributed by atoms with Crippen LogP contribution in [0.5, 0.6) is 5.75 Å². The van der Waals surface area contributed by atoms with Gasteiger partial charge in [0, 0.05) is 31.0 Å². The van der Waals surface area contributed by atoms with Gasteiger partial charge in [0.15, 0.2) is 0 Å². The van der Waals surface area contributed by atoms with Crippen LogP contribution in [0.1, 0.15) is 11.1 Å². The summed E-state index contributed by atoms with van der Waals surface area (Å²) in [5.74, 6) is -2.72. The first-order valence-electron chi connectivity index (χ1n) is 6.72. The second-order valence-corrected chi connectivity index (χ2v) is 4.38. The summed E-state index contributed by atoms with van der Waals surface area (Å²) in [5, 5.41) is 18.2. The number of benzene rings is 1. The number of para-hydroxylation sites is 1. The van der Waals surface area contributed by atoms with E-state index in [4.69, 9.17) is 24.5 Å². The third-order valence-corrected chi connectivity index (χ3v) is 2.77. The summed E-state index contributed by atoms with van der Waals surface area (Å²) in [6.07, 6.45) is 3.61. The van der Waals surface area contributed by atoms with Crippen molar-refractivity contribution in [2.24, 2.45) is 0 Å². The van der Waals surface area contributed by atoms with E-state index >= 15 is 0 Å². The van der Waals surface area contributed by atoms with Crippen molar-refractivity contribution in [2.75, 3.05) is 7.11 Å². The first-order valence-corrected chi connectivity index (χ1v) is 6.72. The Balaban J connectivity index is 0.000000379. The molecule has 0 aliphatic carbocycles. The standard InChI is InChI=1S/C14H16N2O.C2H2O4/c1-17-14-5-3-2-4-13(14)11-16-10-12-6-8-15-9-7-12;3-1(4)2(5)6/h2-9,16H,10-11H2,1H3;(H,3,4)(H,5,6). The van der Waals surface area contributed by atoms with Crippen molar-refractivity contribution in [1.82, 2.24) is 10.3 Å².